The first-order valence-electron chi connectivity index (χ1n) is 4.20. The minimum absolute atomic E-state index is 0.276. The molecule has 0 saturated heterocycles. The molecule has 0 unspecified atom stereocenters. The van der Waals surface area contributed by atoms with E-state index in [-0.39, 0.29) is 5.82 Å². The molecule has 0 radical (unpaired) electrons. The number of halogens is 1. The smallest absolute Gasteiger partial charge is 0.123 e. The number of benzene rings is 1. The molecule has 0 spiro atoms. The van der Waals surface area contributed by atoms with Gasteiger partial charge in [-0.15, -0.1) is 0 Å². The lowest BCUT2D eigenvalue weighted by Crippen LogP contribution is -1.98. The third-order valence-corrected chi connectivity index (χ3v) is 2.24. The molecule has 0 aliphatic heterocycles. The SMILES string of the molecule is N#CC1=CCCc2ccc(F)cc21. The van der Waals surface area contributed by atoms with Crippen LogP contribution in [0, 0.1) is 17.1 Å². The normalized spacial score (nSPS) is 14.3. The summed E-state index contributed by atoms with van der Waals surface area (Å²) < 4.78 is 12.9. The number of fused-ring (bicyclic) bond motifs is 1. The van der Waals surface area contributed by atoms with Gasteiger partial charge in [0.2, 0.25) is 0 Å². The maximum Gasteiger partial charge on any atom is 0.123 e. The summed E-state index contributed by atoms with van der Waals surface area (Å²) in [6.07, 6.45) is 3.64. The predicted octanol–water partition coefficient (Wildman–Crippen LogP) is 2.68. The first kappa shape index (κ1) is 8.00. The highest BCUT2D eigenvalue weighted by Crippen LogP contribution is 2.26. The molecule has 13 heavy (non-hydrogen) atoms. The van der Waals surface area contributed by atoms with E-state index >= 15 is 0 Å². The second kappa shape index (κ2) is 3.02. The number of allylic oxidation sites excluding steroid dienone is 2. The van der Waals surface area contributed by atoms with E-state index in [1.54, 1.807) is 6.07 Å². The van der Waals surface area contributed by atoms with Gasteiger partial charge in [0.15, 0.2) is 0 Å². The lowest BCUT2D eigenvalue weighted by molar-refractivity contribution is 0.626. The molecular weight excluding hydrogens is 165 g/mol. The summed E-state index contributed by atoms with van der Waals surface area (Å²) in [5, 5.41) is 8.79. The Hall–Kier alpha value is -1.62. The molecule has 2 heteroatoms. The zero-order valence-electron chi connectivity index (χ0n) is 7.05. The van der Waals surface area contributed by atoms with Gasteiger partial charge in [-0.3, -0.25) is 0 Å². The highest BCUT2D eigenvalue weighted by molar-refractivity contribution is 5.79. The summed E-state index contributed by atoms with van der Waals surface area (Å²) in [7, 11) is 0. The van der Waals surface area contributed by atoms with Gasteiger partial charge >= 0.3 is 0 Å². The molecule has 0 bridgehead atoms. The maximum atomic E-state index is 12.9. The Kier molecular flexibility index (Phi) is 1.86. The van der Waals surface area contributed by atoms with E-state index in [1.165, 1.54) is 12.1 Å². The van der Waals surface area contributed by atoms with E-state index in [0.29, 0.717) is 5.57 Å². The summed E-state index contributed by atoms with van der Waals surface area (Å²) in [5.41, 5.74) is 2.43. The Morgan fingerprint density at radius 3 is 3.00 bits per heavy atom. The van der Waals surface area contributed by atoms with Crippen LogP contribution in [0.15, 0.2) is 24.3 Å². The molecule has 1 aromatic carbocycles. The molecule has 64 valence electrons. The maximum absolute atomic E-state index is 12.9. The van der Waals surface area contributed by atoms with Gasteiger partial charge in [-0.2, -0.15) is 5.26 Å². The van der Waals surface area contributed by atoms with Crippen molar-refractivity contribution in [2.45, 2.75) is 12.8 Å². The minimum Gasteiger partial charge on any atom is -0.207 e. The predicted molar refractivity (Wildman–Crippen MR) is 48.3 cm³/mol. The largest absolute Gasteiger partial charge is 0.207 e. The molecule has 0 N–H and O–H groups in total. The van der Waals surface area contributed by atoms with Crippen molar-refractivity contribution in [3.8, 4) is 6.07 Å². The molecular formula is C11H8FN. The van der Waals surface area contributed by atoms with E-state index in [1.807, 2.05) is 6.08 Å². The van der Waals surface area contributed by atoms with E-state index in [2.05, 4.69) is 6.07 Å². The molecule has 0 amide bonds. The van der Waals surface area contributed by atoms with E-state index < -0.39 is 0 Å². The topological polar surface area (TPSA) is 23.8 Å². The van der Waals surface area contributed by atoms with Crippen LogP contribution in [0.2, 0.25) is 0 Å². The highest BCUT2D eigenvalue weighted by atomic mass is 19.1. The Morgan fingerprint density at radius 1 is 1.38 bits per heavy atom. The van der Waals surface area contributed by atoms with Gasteiger partial charge in [-0.05, 0) is 36.1 Å². The first-order chi connectivity index (χ1) is 6.31. The van der Waals surface area contributed by atoms with Crippen molar-refractivity contribution in [3.05, 3.63) is 41.2 Å². The third-order valence-electron chi connectivity index (χ3n) is 2.24. The van der Waals surface area contributed by atoms with Crippen LogP contribution < -0.4 is 0 Å². The van der Waals surface area contributed by atoms with Gasteiger partial charge in [-0.1, -0.05) is 12.1 Å². The molecule has 0 aromatic heterocycles. The zero-order chi connectivity index (χ0) is 9.26. The van der Waals surface area contributed by atoms with Crippen molar-refractivity contribution in [1.82, 2.24) is 0 Å². The summed E-state index contributed by atoms with van der Waals surface area (Å²) in [6, 6.07) is 6.72. The number of nitrogens with zero attached hydrogens (tertiary/aromatic N) is 1. The van der Waals surface area contributed by atoms with Crippen molar-refractivity contribution < 1.29 is 4.39 Å². The standard InChI is InChI=1S/C11H8FN/c12-10-5-4-8-2-1-3-9(7-13)11(8)6-10/h3-6H,1-2H2. The van der Waals surface area contributed by atoms with Crippen LogP contribution in [0.4, 0.5) is 4.39 Å². The van der Waals surface area contributed by atoms with Crippen LogP contribution in [0.25, 0.3) is 5.57 Å². The molecule has 2 rings (SSSR count). The van der Waals surface area contributed by atoms with Gasteiger partial charge in [-0.25, -0.2) is 4.39 Å². The van der Waals surface area contributed by atoms with Crippen molar-refractivity contribution in [1.29, 1.82) is 5.26 Å². The van der Waals surface area contributed by atoms with Crippen LogP contribution in [0.1, 0.15) is 17.5 Å². The second-order valence-electron chi connectivity index (χ2n) is 3.07. The zero-order valence-corrected chi connectivity index (χ0v) is 7.05. The summed E-state index contributed by atoms with van der Waals surface area (Å²) in [6.45, 7) is 0. The molecule has 0 fully saturated rings. The van der Waals surface area contributed by atoms with Gasteiger partial charge < -0.3 is 0 Å². The second-order valence-corrected chi connectivity index (χ2v) is 3.07. The number of rotatable bonds is 0. The van der Waals surface area contributed by atoms with Gasteiger partial charge in [0.05, 0.1) is 11.6 Å². The molecule has 0 saturated carbocycles. The molecule has 0 atom stereocenters. The Labute approximate surface area is 76.1 Å². The van der Waals surface area contributed by atoms with Crippen molar-refractivity contribution >= 4 is 5.57 Å². The minimum atomic E-state index is -0.276. The number of hydrogen-bond donors (Lipinski definition) is 0. The van der Waals surface area contributed by atoms with Crippen LogP contribution in [0.3, 0.4) is 0 Å². The number of nitriles is 1. The van der Waals surface area contributed by atoms with Gasteiger partial charge in [0.1, 0.15) is 5.82 Å². The Balaban J connectivity index is 2.59. The average Bonchev–Trinajstić information content (AvgIpc) is 2.17. The summed E-state index contributed by atoms with van der Waals surface area (Å²) >= 11 is 0. The quantitative estimate of drug-likeness (QED) is 0.591. The fraction of sp³-hybridized carbons (Fsp3) is 0.182. The highest BCUT2D eigenvalue weighted by Gasteiger charge is 2.12. The lowest BCUT2D eigenvalue weighted by atomic mass is 9.91. The third kappa shape index (κ3) is 1.33. The Morgan fingerprint density at radius 2 is 2.23 bits per heavy atom. The number of aryl methyl sites for hydroxylation is 1. The molecule has 1 nitrogen and oxygen atoms in total. The average molecular weight is 173 g/mol. The summed E-state index contributed by atoms with van der Waals surface area (Å²) in [5.74, 6) is -0.276. The molecule has 1 aliphatic carbocycles. The molecule has 0 heterocycles. The van der Waals surface area contributed by atoms with Crippen LogP contribution in [0.5, 0.6) is 0 Å². The van der Waals surface area contributed by atoms with Gasteiger partial charge in [0.25, 0.3) is 0 Å². The van der Waals surface area contributed by atoms with E-state index in [9.17, 15) is 4.39 Å². The lowest BCUT2D eigenvalue weighted by Gasteiger charge is -2.12. The number of hydrogen-bond acceptors (Lipinski definition) is 1. The van der Waals surface area contributed by atoms with Crippen molar-refractivity contribution in [2.24, 2.45) is 0 Å². The monoisotopic (exact) mass is 173 g/mol. The van der Waals surface area contributed by atoms with E-state index in [0.717, 1.165) is 24.0 Å². The fourth-order valence-corrected chi connectivity index (χ4v) is 1.61. The van der Waals surface area contributed by atoms with Gasteiger partial charge in [0, 0.05) is 0 Å². The first-order valence-corrected chi connectivity index (χ1v) is 4.20. The van der Waals surface area contributed by atoms with Crippen molar-refractivity contribution in [2.75, 3.05) is 0 Å². The molecule has 1 aliphatic rings. The van der Waals surface area contributed by atoms with Crippen LogP contribution in [-0.4, -0.2) is 0 Å². The van der Waals surface area contributed by atoms with Crippen LogP contribution >= 0.6 is 0 Å². The van der Waals surface area contributed by atoms with E-state index in [4.69, 9.17) is 5.26 Å². The van der Waals surface area contributed by atoms with Crippen molar-refractivity contribution in [3.63, 3.8) is 0 Å². The fourth-order valence-electron chi connectivity index (χ4n) is 1.61. The van der Waals surface area contributed by atoms with Crippen LogP contribution in [-0.2, 0) is 6.42 Å². The Bertz CT molecular complexity index is 413. The summed E-state index contributed by atoms with van der Waals surface area (Å²) in [4.78, 5) is 0. The molecule has 1 aromatic rings.